The van der Waals surface area contributed by atoms with Crippen molar-refractivity contribution in [1.29, 1.82) is 0 Å². The third-order valence-electron chi connectivity index (χ3n) is 1.52. The second-order valence-electron chi connectivity index (χ2n) is 3.35. The van der Waals surface area contributed by atoms with Crippen molar-refractivity contribution in [1.82, 2.24) is 0 Å². The van der Waals surface area contributed by atoms with Crippen LogP contribution in [0.25, 0.3) is 0 Å². The van der Waals surface area contributed by atoms with E-state index < -0.39 is 0 Å². The monoisotopic (exact) mass is 174 g/mol. The van der Waals surface area contributed by atoms with Crippen molar-refractivity contribution in [2.75, 3.05) is 13.2 Å². The lowest BCUT2D eigenvalue weighted by molar-refractivity contribution is -0.165. The fourth-order valence-electron chi connectivity index (χ4n) is 0.901. The smallest absolute Gasteiger partial charge is 0.159 e. The largest absolute Gasteiger partial charge is 0.352 e. The van der Waals surface area contributed by atoms with E-state index in [1.54, 1.807) is 0 Å². The molecule has 0 rings (SSSR count). The van der Waals surface area contributed by atoms with E-state index in [4.69, 9.17) is 9.47 Å². The summed E-state index contributed by atoms with van der Waals surface area (Å²) in [5.41, 5.74) is 0. The summed E-state index contributed by atoms with van der Waals surface area (Å²) in [5.74, 6) is 0.447. The molecule has 0 atom stereocenters. The maximum absolute atomic E-state index is 5.53. The fraction of sp³-hybridized carbons (Fsp3) is 1.00. The first-order valence-corrected chi connectivity index (χ1v) is 4.95. The van der Waals surface area contributed by atoms with Gasteiger partial charge < -0.3 is 9.47 Å². The van der Waals surface area contributed by atoms with Crippen molar-refractivity contribution in [2.45, 2.75) is 46.8 Å². The van der Waals surface area contributed by atoms with Crippen molar-refractivity contribution in [3.05, 3.63) is 0 Å². The van der Waals surface area contributed by atoms with E-state index in [0.717, 1.165) is 26.1 Å². The van der Waals surface area contributed by atoms with Gasteiger partial charge in [-0.2, -0.15) is 0 Å². The van der Waals surface area contributed by atoms with Crippen LogP contribution in [0.3, 0.4) is 0 Å². The van der Waals surface area contributed by atoms with E-state index in [1.807, 2.05) is 0 Å². The lowest BCUT2D eigenvalue weighted by Crippen LogP contribution is -2.24. The highest BCUT2D eigenvalue weighted by Gasteiger charge is 2.12. The van der Waals surface area contributed by atoms with Gasteiger partial charge in [-0.3, -0.25) is 0 Å². The van der Waals surface area contributed by atoms with Crippen LogP contribution in [-0.2, 0) is 9.47 Å². The van der Waals surface area contributed by atoms with Crippen molar-refractivity contribution >= 4 is 0 Å². The average Bonchev–Trinajstić information content (AvgIpc) is 2.04. The Labute approximate surface area is 76.3 Å². The Bertz CT molecular complexity index is 83.8. The molecule has 0 aromatic carbocycles. The molecular weight excluding hydrogens is 152 g/mol. The zero-order valence-corrected chi connectivity index (χ0v) is 8.80. The van der Waals surface area contributed by atoms with E-state index in [1.165, 1.54) is 0 Å². The molecule has 0 aliphatic heterocycles. The molecular formula is C10H22O2. The number of hydrogen-bond donors (Lipinski definition) is 0. The Hall–Kier alpha value is -0.0800. The van der Waals surface area contributed by atoms with Crippen molar-refractivity contribution in [2.24, 2.45) is 5.92 Å². The average molecular weight is 174 g/mol. The Balaban J connectivity index is 3.55. The molecule has 0 aromatic heterocycles. The molecule has 0 saturated carbocycles. The van der Waals surface area contributed by atoms with Crippen LogP contribution < -0.4 is 0 Å². The van der Waals surface area contributed by atoms with E-state index >= 15 is 0 Å². The third-order valence-corrected chi connectivity index (χ3v) is 1.52. The second-order valence-corrected chi connectivity index (χ2v) is 3.35. The highest BCUT2D eigenvalue weighted by molar-refractivity contribution is 4.50. The summed E-state index contributed by atoms with van der Waals surface area (Å²) in [6.07, 6.45) is 2.10. The third kappa shape index (κ3) is 5.56. The molecule has 0 fully saturated rings. The first kappa shape index (κ1) is 11.9. The van der Waals surface area contributed by atoms with Crippen molar-refractivity contribution < 1.29 is 9.47 Å². The van der Waals surface area contributed by atoms with Gasteiger partial charge in [-0.05, 0) is 12.8 Å². The van der Waals surface area contributed by atoms with E-state index in [0.29, 0.717) is 5.92 Å². The highest BCUT2D eigenvalue weighted by Crippen LogP contribution is 2.08. The summed E-state index contributed by atoms with van der Waals surface area (Å²) in [6, 6.07) is 0. The Morgan fingerprint density at radius 2 is 1.33 bits per heavy atom. The SMILES string of the molecule is CCCOC(OCCC)C(C)C. The van der Waals surface area contributed by atoms with Crippen molar-refractivity contribution in [3.63, 3.8) is 0 Å². The van der Waals surface area contributed by atoms with Crippen LogP contribution >= 0.6 is 0 Å². The lowest BCUT2D eigenvalue weighted by Gasteiger charge is -2.21. The van der Waals surface area contributed by atoms with Crippen LogP contribution in [0.4, 0.5) is 0 Å². The van der Waals surface area contributed by atoms with Gasteiger partial charge in [-0.25, -0.2) is 0 Å². The van der Waals surface area contributed by atoms with Crippen LogP contribution in [0.15, 0.2) is 0 Å². The Morgan fingerprint density at radius 3 is 1.58 bits per heavy atom. The maximum Gasteiger partial charge on any atom is 0.159 e. The normalized spacial score (nSPS) is 11.5. The predicted octanol–water partition coefficient (Wildman–Crippen LogP) is 2.82. The molecule has 0 unspecified atom stereocenters. The van der Waals surface area contributed by atoms with Crippen LogP contribution in [0.1, 0.15) is 40.5 Å². The summed E-state index contributed by atoms with van der Waals surface area (Å²) >= 11 is 0. The summed E-state index contributed by atoms with van der Waals surface area (Å²) in [5, 5.41) is 0. The minimum Gasteiger partial charge on any atom is -0.352 e. The first-order chi connectivity index (χ1) is 5.72. The quantitative estimate of drug-likeness (QED) is 0.552. The topological polar surface area (TPSA) is 18.5 Å². The van der Waals surface area contributed by atoms with Gasteiger partial charge in [0.1, 0.15) is 0 Å². The van der Waals surface area contributed by atoms with Gasteiger partial charge in [0.15, 0.2) is 6.29 Å². The number of ether oxygens (including phenoxy) is 2. The van der Waals surface area contributed by atoms with E-state index in [-0.39, 0.29) is 6.29 Å². The molecule has 0 bridgehead atoms. The van der Waals surface area contributed by atoms with Gasteiger partial charge in [0.25, 0.3) is 0 Å². The molecule has 0 radical (unpaired) electrons. The molecule has 0 aromatic rings. The second kappa shape index (κ2) is 7.56. The highest BCUT2D eigenvalue weighted by atomic mass is 16.7. The molecule has 74 valence electrons. The minimum absolute atomic E-state index is 0.00935. The van der Waals surface area contributed by atoms with Crippen LogP contribution in [0.5, 0.6) is 0 Å². The zero-order chi connectivity index (χ0) is 9.40. The summed E-state index contributed by atoms with van der Waals surface area (Å²) in [7, 11) is 0. The zero-order valence-electron chi connectivity index (χ0n) is 8.80. The summed E-state index contributed by atoms with van der Waals surface area (Å²) in [4.78, 5) is 0. The standard InChI is InChI=1S/C10H22O2/c1-5-7-11-10(9(3)4)12-8-6-2/h9-10H,5-8H2,1-4H3. The van der Waals surface area contributed by atoms with Gasteiger partial charge in [0.05, 0.1) is 0 Å². The molecule has 0 aliphatic carbocycles. The van der Waals surface area contributed by atoms with Crippen molar-refractivity contribution in [3.8, 4) is 0 Å². The molecule has 0 aliphatic rings. The number of hydrogen-bond acceptors (Lipinski definition) is 2. The molecule has 12 heavy (non-hydrogen) atoms. The molecule has 0 heterocycles. The Kier molecular flexibility index (Phi) is 7.51. The van der Waals surface area contributed by atoms with Gasteiger partial charge in [0.2, 0.25) is 0 Å². The van der Waals surface area contributed by atoms with E-state index in [2.05, 4.69) is 27.7 Å². The van der Waals surface area contributed by atoms with E-state index in [9.17, 15) is 0 Å². The molecule has 2 nitrogen and oxygen atoms in total. The molecule has 0 amide bonds. The van der Waals surface area contributed by atoms with Gasteiger partial charge in [-0.15, -0.1) is 0 Å². The maximum atomic E-state index is 5.53. The minimum atomic E-state index is -0.00935. The van der Waals surface area contributed by atoms with Crippen LogP contribution in [-0.4, -0.2) is 19.5 Å². The fourth-order valence-corrected chi connectivity index (χ4v) is 0.901. The number of rotatable bonds is 7. The molecule has 0 saturated heterocycles. The van der Waals surface area contributed by atoms with Gasteiger partial charge in [-0.1, -0.05) is 27.7 Å². The summed E-state index contributed by atoms with van der Waals surface area (Å²) in [6.45, 7) is 10.1. The molecule has 0 spiro atoms. The Morgan fingerprint density at radius 1 is 0.917 bits per heavy atom. The molecule has 0 N–H and O–H groups in total. The molecule has 2 heteroatoms. The first-order valence-electron chi connectivity index (χ1n) is 4.95. The van der Waals surface area contributed by atoms with Gasteiger partial charge in [0, 0.05) is 19.1 Å². The lowest BCUT2D eigenvalue weighted by atomic mass is 10.2. The summed E-state index contributed by atoms with van der Waals surface area (Å²) < 4.78 is 11.1. The van der Waals surface area contributed by atoms with Gasteiger partial charge >= 0.3 is 0 Å². The predicted molar refractivity (Wildman–Crippen MR) is 51.1 cm³/mol. The van der Waals surface area contributed by atoms with Crippen LogP contribution in [0.2, 0.25) is 0 Å². The van der Waals surface area contributed by atoms with Crippen LogP contribution in [0, 0.1) is 5.92 Å².